The summed E-state index contributed by atoms with van der Waals surface area (Å²) in [5, 5.41) is 0. The van der Waals surface area contributed by atoms with Crippen LogP contribution in [0.2, 0.25) is 0 Å². The average Bonchev–Trinajstić information content (AvgIpc) is 2.19. The van der Waals surface area contributed by atoms with Crippen LogP contribution in [-0.2, 0) is 10.6 Å². The summed E-state index contributed by atoms with van der Waals surface area (Å²) >= 11 is 5.40. The van der Waals surface area contributed by atoms with Crippen molar-refractivity contribution in [3.63, 3.8) is 0 Å². The first-order valence-electron chi connectivity index (χ1n) is 3.73. The molecule has 0 N–H and O–H groups in total. The maximum atomic E-state index is 13.1. The Hall–Kier alpha value is -1.16. The van der Waals surface area contributed by atoms with Crippen LogP contribution in [0, 0.1) is 11.6 Å². The van der Waals surface area contributed by atoms with Gasteiger partial charge in [0.1, 0.15) is 17.2 Å². The third-order valence-electron chi connectivity index (χ3n) is 1.73. The van der Waals surface area contributed by atoms with Crippen LogP contribution in [0.25, 0.3) is 0 Å². The lowest BCUT2D eigenvalue weighted by Gasteiger charge is -2.06. The van der Waals surface area contributed by atoms with Crippen molar-refractivity contribution in [2.45, 2.75) is 5.88 Å². The molecule has 0 radical (unpaired) electrons. The number of alkyl halides is 1. The van der Waals surface area contributed by atoms with Gasteiger partial charge in [0, 0.05) is 5.56 Å². The number of halogens is 3. The third kappa shape index (κ3) is 1.85. The van der Waals surface area contributed by atoms with Crippen molar-refractivity contribution in [1.29, 1.82) is 0 Å². The minimum absolute atomic E-state index is 0.182. The lowest BCUT2D eigenvalue weighted by molar-refractivity contribution is 0.0593. The van der Waals surface area contributed by atoms with E-state index in [0.717, 1.165) is 19.2 Å². The van der Waals surface area contributed by atoms with Crippen LogP contribution in [0.5, 0.6) is 0 Å². The van der Waals surface area contributed by atoms with Crippen molar-refractivity contribution in [3.8, 4) is 0 Å². The Morgan fingerprint density at radius 3 is 2.50 bits per heavy atom. The molecular formula is C9H7ClF2O2. The predicted octanol–water partition coefficient (Wildman–Crippen LogP) is 2.49. The van der Waals surface area contributed by atoms with Gasteiger partial charge in [-0.25, -0.2) is 13.6 Å². The number of rotatable bonds is 2. The van der Waals surface area contributed by atoms with E-state index in [1.54, 1.807) is 0 Å². The van der Waals surface area contributed by atoms with E-state index in [0.29, 0.717) is 0 Å². The fourth-order valence-electron chi connectivity index (χ4n) is 1.05. The Morgan fingerprint density at radius 2 is 2.00 bits per heavy atom. The van der Waals surface area contributed by atoms with E-state index in [1.807, 2.05) is 0 Å². The topological polar surface area (TPSA) is 26.3 Å². The molecule has 0 aliphatic rings. The SMILES string of the molecule is COC(=O)c1c(F)ccc(F)c1CCl. The molecule has 0 fully saturated rings. The molecule has 0 heterocycles. The molecule has 1 rings (SSSR count). The zero-order valence-electron chi connectivity index (χ0n) is 7.31. The maximum absolute atomic E-state index is 13.1. The highest BCUT2D eigenvalue weighted by Gasteiger charge is 2.19. The van der Waals surface area contributed by atoms with Gasteiger partial charge in [-0.05, 0) is 12.1 Å². The predicted molar refractivity (Wildman–Crippen MR) is 47.3 cm³/mol. The standard InChI is InChI=1S/C9H7ClF2O2/c1-14-9(13)8-5(4-10)6(11)2-3-7(8)12/h2-3H,4H2,1H3. The first kappa shape index (κ1) is 10.9. The fraction of sp³-hybridized carbons (Fsp3) is 0.222. The molecule has 0 saturated heterocycles. The van der Waals surface area contributed by atoms with Crippen molar-refractivity contribution >= 4 is 17.6 Å². The van der Waals surface area contributed by atoms with Gasteiger partial charge in [-0.15, -0.1) is 11.6 Å². The van der Waals surface area contributed by atoms with E-state index in [-0.39, 0.29) is 11.4 Å². The quantitative estimate of drug-likeness (QED) is 0.565. The highest BCUT2D eigenvalue weighted by molar-refractivity contribution is 6.17. The van der Waals surface area contributed by atoms with Crippen molar-refractivity contribution in [1.82, 2.24) is 0 Å². The van der Waals surface area contributed by atoms with Crippen LogP contribution in [0.15, 0.2) is 12.1 Å². The molecule has 0 aliphatic heterocycles. The van der Waals surface area contributed by atoms with Crippen molar-refractivity contribution < 1.29 is 18.3 Å². The van der Waals surface area contributed by atoms with Gasteiger partial charge in [-0.2, -0.15) is 0 Å². The van der Waals surface area contributed by atoms with Gasteiger partial charge in [0.05, 0.1) is 13.0 Å². The molecule has 1 aromatic rings. The molecule has 2 nitrogen and oxygen atoms in total. The number of esters is 1. The largest absolute Gasteiger partial charge is 0.465 e. The molecule has 0 bridgehead atoms. The van der Waals surface area contributed by atoms with Gasteiger partial charge in [0.25, 0.3) is 0 Å². The van der Waals surface area contributed by atoms with Crippen molar-refractivity contribution in [2.24, 2.45) is 0 Å². The number of ether oxygens (including phenoxy) is 1. The Morgan fingerprint density at radius 1 is 1.43 bits per heavy atom. The van der Waals surface area contributed by atoms with E-state index in [9.17, 15) is 13.6 Å². The van der Waals surface area contributed by atoms with Gasteiger partial charge >= 0.3 is 5.97 Å². The highest BCUT2D eigenvalue weighted by Crippen LogP contribution is 2.20. The van der Waals surface area contributed by atoms with Gasteiger partial charge in [0.2, 0.25) is 0 Å². The lowest BCUT2D eigenvalue weighted by Crippen LogP contribution is -2.09. The summed E-state index contributed by atoms with van der Waals surface area (Å²) in [5.41, 5.74) is -0.624. The molecule has 0 spiro atoms. The van der Waals surface area contributed by atoms with E-state index in [4.69, 9.17) is 11.6 Å². The molecule has 76 valence electrons. The second-order valence-electron chi connectivity index (χ2n) is 2.51. The summed E-state index contributed by atoms with van der Waals surface area (Å²) in [6.07, 6.45) is 0. The Balaban J connectivity index is 3.37. The smallest absolute Gasteiger partial charge is 0.341 e. The van der Waals surface area contributed by atoms with Gasteiger partial charge in [-0.1, -0.05) is 0 Å². The second-order valence-corrected chi connectivity index (χ2v) is 2.78. The minimum Gasteiger partial charge on any atom is -0.465 e. The van der Waals surface area contributed by atoms with Crippen LogP contribution in [0.1, 0.15) is 15.9 Å². The van der Waals surface area contributed by atoms with E-state index in [1.165, 1.54) is 0 Å². The van der Waals surface area contributed by atoms with Gasteiger partial charge < -0.3 is 4.74 Å². The number of hydrogen-bond donors (Lipinski definition) is 0. The molecule has 0 saturated carbocycles. The Labute approximate surface area is 84.4 Å². The molecule has 0 aliphatic carbocycles. The second kappa shape index (κ2) is 4.37. The molecule has 0 aromatic heterocycles. The van der Waals surface area contributed by atoms with Crippen LogP contribution in [-0.4, -0.2) is 13.1 Å². The zero-order chi connectivity index (χ0) is 10.7. The summed E-state index contributed by atoms with van der Waals surface area (Å²) in [6, 6.07) is 1.77. The molecule has 5 heteroatoms. The highest BCUT2D eigenvalue weighted by atomic mass is 35.5. The van der Waals surface area contributed by atoms with Crippen molar-refractivity contribution in [2.75, 3.05) is 7.11 Å². The minimum atomic E-state index is -0.933. The monoisotopic (exact) mass is 220 g/mol. The summed E-state index contributed by atoms with van der Waals surface area (Å²) in [5.74, 6) is -2.78. The first-order chi connectivity index (χ1) is 6.61. The number of hydrogen-bond acceptors (Lipinski definition) is 2. The van der Waals surface area contributed by atoms with Gasteiger partial charge in [0.15, 0.2) is 0 Å². The number of carbonyl (C=O) groups is 1. The van der Waals surface area contributed by atoms with Crippen LogP contribution in [0.4, 0.5) is 8.78 Å². The summed E-state index contributed by atoms with van der Waals surface area (Å²) < 4.78 is 30.5. The van der Waals surface area contributed by atoms with E-state index < -0.39 is 23.2 Å². The van der Waals surface area contributed by atoms with Crippen LogP contribution in [0.3, 0.4) is 0 Å². The first-order valence-corrected chi connectivity index (χ1v) is 4.26. The summed E-state index contributed by atoms with van der Waals surface area (Å²) in [4.78, 5) is 11.1. The van der Waals surface area contributed by atoms with E-state index in [2.05, 4.69) is 4.74 Å². The Bertz CT molecular complexity index is 366. The number of methoxy groups -OCH3 is 1. The Kier molecular flexibility index (Phi) is 3.41. The molecule has 1 aromatic carbocycles. The van der Waals surface area contributed by atoms with E-state index >= 15 is 0 Å². The summed E-state index contributed by atoms with van der Waals surface area (Å²) in [7, 11) is 1.09. The average molecular weight is 221 g/mol. The van der Waals surface area contributed by atoms with Gasteiger partial charge in [-0.3, -0.25) is 0 Å². The van der Waals surface area contributed by atoms with Crippen LogP contribution < -0.4 is 0 Å². The molecule has 0 atom stereocenters. The summed E-state index contributed by atoms with van der Waals surface area (Å²) in [6.45, 7) is 0. The maximum Gasteiger partial charge on any atom is 0.341 e. The number of carbonyl (C=O) groups excluding carboxylic acids is 1. The van der Waals surface area contributed by atoms with Crippen LogP contribution >= 0.6 is 11.6 Å². The number of benzene rings is 1. The molecule has 0 amide bonds. The molecule has 14 heavy (non-hydrogen) atoms. The molecule has 0 unspecified atom stereocenters. The molecular weight excluding hydrogens is 214 g/mol. The normalized spacial score (nSPS) is 10.0. The van der Waals surface area contributed by atoms with Crippen molar-refractivity contribution in [3.05, 3.63) is 34.9 Å². The lowest BCUT2D eigenvalue weighted by atomic mass is 10.1. The fourth-order valence-corrected chi connectivity index (χ4v) is 1.31. The third-order valence-corrected chi connectivity index (χ3v) is 2.00. The zero-order valence-corrected chi connectivity index (χ0v) is 8.07.